The molecule has 0 aliphatic heterocycles. The molecule has 1 aliphatic carbocycles. The second-order valence-electron chi connectivity index (χ2n) is 6.48. The minimum Gasteiger partial charge on any atom is -0.481 e. The first-order valence-electron chi connectivity index (χ1n) is 8.11. The van der Waals surface area contributed by atoms with Gasteiger partial charge in [-0.2, -0.15) is 0 Å². The van der Waals surface area contributed by atoms with Gasteiger partial charge in [0.1, 0.15) is 0 Å². The second kappa shape index (κ2) is 7.34. The van der Waals surface area contributed by atoms with Crippen LogP contribution in [0.25, 0.3) is 0 Å². The molecule has 1 fully saturated rings. The largest absolute Gasteiger partial charge is 0.481 e. The number of aliphatic carboxylic acids is 1. The number of nitrogens with one attached hydrogen (secondary N) is 1. The fourth-order valence-corrected chi connectivity index (χ4v) is 4.30. The Hall–Kier alpha value is -1.89. The predicted octanol–water partition coefficient (Wildman–Crippen LogP) is 2.62. The number of carbonyl (C=O) groups is 2. The van der Waals surface area contributed by atoms with E-state index in [0.29, 0.717) is 25.7 Å². The Morgan fingerprint density at radius 1 is 1.17 bits per heavy atom. The lowest BCUT2D eigenvalue weighted by Gasteiger charge is -2.27. The summed E-state index contributed by atoms with van der Waals surface area (Å²) < 4.78 is 27.0. The Kier molecular flexibility index (Phi) is 5.64. The van der Waals surface area contributed by atoms with Crippen molar-refractivity contribution in [1.29, 1.82) is 0 Å². The number of amides is 1. The van der Waals surface area contributed by atoms with Crippen LogP contribution in [0.3, 0.4) is 0 Å². The number of hydrogen-bond acceptors (Lipinski definition) is 4. The van der Waals surface area contributed by atoms with Crippen LogP contribution in [0.1, 0.15) is 50.5 Å². The van der Waals surface area contributed by atoms with Gasteiger partial charge in [-0.3, -0.25) is 9.59 Å². The van der Waals surface area contributed by atoms with Crippen LogP contribution in [0.2, 0.25) is 0 Å². The fourth-order valence-electron chi connectivity index (χ4n) is 3.23. The van der Waals surface area contributed by atoms with Gasteiger partial charge in [-0.25, -0.2) is 13.1 Å². The lowest BCUT2D eigenvalue weighted by atomic mass is 9.80. The first kappa shape index (κ1) is 18.4. The van der Waals surface area contributed by atoms with Crippen LogP contribution in [0.15, 0.2) is 29.2 Å². The Morgan fingerprint density at radius 2 is 1.75 bits per heavy atom. The molecule has 1 aromatic carbocycles. The van der Waals surface area contributed by atoms with Crippen molar-refractivity contribution in [2.45, 2.75) is 56.8 Å². The minimum atomic E-state index is -3.91. The molecule has 0 aromatic heterocycles. The lowest BCUT2D eigenvalue weighted by molar-refractivity contribution is -0.138. The Labute approximate surface area is 142 Å². The number of benzene rings is 1. The minimum absolute atomic E-state index is 0.0141. The first-order valence-corrected chi connectivity index (χ1v) is 9.59. The highest BCUT2D eigenvalue weighted by atomic mass is 32.2. The predicted molar refractivity (Wildman–Crippen MR) is 88.9 cm³/mol. The van der Waals surface area contributed by atoms with E-state index in [2.05, 4.69) is 4.72 Å². The van der Waals surface area contributed by atoms with Gasteiger partial charge in [0, 0.05) is 6.42 Å². The first-order chi connectivity index (χ1) is 11.3. The highest BCUT2D eigenvalue weighted by Crippen LogP contribution is 2.42. The van der Waals surface area contributed by atoms with Gasteiger partial charge in [-0.05, 0) is 44.7 Å². The molecule has 0 atom stereocenters. The molecule has 132 valence electrons. The number of carboxylic acids is 1. The molecule has 0 radical (unpaired) electrons. The van der Waals surface area contributed by atoms with Crippen molar-refractivity contribution in [3.8, 4) is 0 Å². The van der Waals surface area contributed by atoms with Crippen molar-refractivity contribution < 1.29 is 23.1 Å². The van der Waals surface area contributed by atoms with Gasteiger partial charge in [-0.1, -0.05) is 30.5 Å². The van der Waals surface area contributed by atoms with Gasteiger partial charge >= 0.3 is 5.97 Å². The van der Waals surface area contributed by atoms with Crippen molar-refractivity contribution in [2.24, 2.45) is 5.41 Å². The standard InChI is InChI=1S/C17H23NO5S/c1-13-6-8-14(9-7-13)24(22,23)18-16(21)17(10-2-3-11-17)12-4-5-15(19)20/h6-9H,2-5,10-12H2,1H3,(H,18,21)(H,19,20). The van der Waals surface area contributed by atoms with Crippen LogP contribution in [0.4, 0.5) is 0 Å². The van der Waals surface area contributed by atoms with Gasteiger partial charge < -0.3 is 5.11 Å². The van der Waals surface area contributed by atoms with Crippen LogP contribution < -0.4 is 4.72 Å². The third-order valence-corrected chi connectivity index (χ3v) is 5.99. The average Bonchev–Trinajstić information content (AvgIpc) is 2.97. The summed E-state index contributed by atoms with van der Waals surface area (Å²) in [5.41, 5.74) is 0.161. The summed E-state index contributed by atoms with van der Waals surface area (Å²) in [6.45, 7) is 1.85. The van der Waals surface area contributed by atoms with Gasteiger partial charge in [0.2, 0.25) is 5.91 Å². The van der Waals surface area contributed by atoms with Crippen LogP contribution in [-0.2, 0) is 19.6 Å². The zero-order valence-corrected chi connectivity index (χ0v) is 14.6. The van der Waals surface area contributed by atoms with Gasteiger partial charge in [0.25, 0.3) is 10.0 Å². The van der Waals surface area contributed by atoms with Gasteiger partial charge in [-0.15, -0.1) is 0 Å². The van der Waals surface area contributed by atoms with Crippen LogP contribution in [0, 0.1) is 12.3 Å². The Morgan fingerprint density at radius 3 is 2.29 bits per heavy atom. The third kappa shape index (κ3) is 4.35. The normalized spacial score (nSPS) is 16.7. The molecular formula is C17H23NO5S. The number of aryl methyl sites for hydroxylation is 1. The molecule has 6 nitrogen and oxygen atoms in total. The van der Waals surface area contributed by atoms with Crippen molar-refractivity contribution >= 4 is 21.9 Å². The summed E-state index contributed by atoms with van der Waals surface area (Å²) >= 11 is 0. The number of hydrogen-bond donors (Lipinski definition) is 2. The third-order valence-electron chi connectivity index (χ3n) is 4.65. The van der Waals surface area contributed by atoms with E-state index >= 15 is 0 Å². The zero-order valence-electron chi connectivity index (χ0n) is 13.7. The van der Waals surface area contributed by atoms with Crippen molar-refractivity contribution in [2.75, 3.05) is 0 Å². The topological polar surface area (TPSA) is 101 Å². The number of sulfonamides is 1. The summed E-state index contributed by atoms with van der Waals surface area (Å²) in [5.74, 6) is -1.42. The molecule has 24 heavy (non-hydrogen) atoms. The molecule has 0 heterocycles. The molecular weight excluding hydrogens is 330 g/mol. The second-order valence-corrected chi connectivity index (χ2v) is 8.16. The highest BCUT2D eigenvalue weighted by molar-refractivity contribution is 7.90. The van der Waals surface area contributed by atoms with E-state index in [1.54, 1.807) is 12.1 Å². The van der Waals surface area contributed by atoms with Crippen LogP contribution in [0.5, 0.6) is 0 Å². The maximum Gasteiger partial charge on any atom is 0.303 e. The number of carboxylic acid groups (broad SMARTS) is 1. The molecule has 1 aromatic rings. The average molecular weight is 353 g/mol. The van der Waals surface area contributed by atoms with E-state index in [1.165, 1.54) is 12.1 Å². The SMILES string of the molecule is Cc1ccc(S(=O)(=O)NC(=O)C2(CCCC(=O)O)CCCC2)cc1. The highest BCUT2D eigenvalue weighted by Gasteiger charge is 2.42. The molecule has 2 N–H and O–H groups in total. The summed E-state index contributed by atoms with van der Waals surface area (Å²) in [6.07, 6.45) is 3.65. The zero-order chi connectivity index (χ0) is 17.8. The smallest absolute Gasteiger partial charge is 0.303 e. The molecule has 1 aliphatic rings. The van der Waals surface area contributed by atoms with Crippen molar-refractivity contribution in [3.05, 3.63) is 29.8 Å². The monoisotopic (exact) mass is 353 g/mol. The van der Waals surface area contributed by atoms with E-state index in [4.69, 9.17) is 5.11 Å². The number of rotatable bonds is 7. The molecule has 1 amide bonds. The summed E-state index contributed by atoms with van der Waals surface area (Å²) in [6, 6.07) is 6.29. The van der Waals surface area contributed by atoms with Crippen molar-refractivity contribution in [3.63, 3.8) is 0 Å². The summed E-state index contributed by atoms with van der Waals surface area (Å²) in [5, 5.41) is 8.77. The van der Waals surface area contributed by atoms with Gasteiger partial charge in [0.15, 0.2) is 0 Å². The summed E-state index contributed by atoms with van der Waals surface area (Å²) in [7, 11) is -3.91. The Bertz CT molecular complexity index is 703. The maximum absolute atomic E-state index is 12.7. The van der Waals surface area contributed by atoms with Gasteiger partial charge in [0.05, 0.1) is 10.3 Å². The lowest BCUT2D eigenvalue weighted by Crippen LogP contribution is -2.42. The fraction of sp³-hybridized carbons (Fsp3) is 0.529. The molecule has 7 heteroatoms. The maximum atomic E-state index is 12.7. The van der Waals surface area contributed by atoms with E-state index in [0.717, 1.165) is 18.4 Å². The molecule has 0 unspecified atom stereocenters. The van der Waals surface area contributed by atoms with E-state index in [9.17, 15) is 18.0 Å². The van der Waals surface area contributed by atoms with Crippen LogP contribution in [-0.4, -0.2) is 25.4 Å². The molecule has 0 saturated heterocycles. The van der Waals surface area contributed by atoms with E-state index < -0.39 is 27.3 Å². The van der Waals surface area contributed by atoms with E-state index in [1.807, 2.05) is 6.92 Å². The molecule has 2 rings (SSSR count). The van der Waals surface area contributed by atoms with E-state index in [-0.39, 0.29) is 11.3 Å². The molecule has 0 spiro atoms. The summed E-state index contributed by atoms with van der Waals surface area (Å²) in [4.78, 5) is 23.4. The van der Waals surface area contributed by atoms with Crippen LogP contribution >= 0.6 is 0 Å². The molecule has 1 saturated carbocycles. The Balaban J connectivity index is 2.12. The molecule has 0 bridgehead atoms. The number of carbonyl (C=O) groups excluding carboxylic acids is 1. The quantitative estimate of drug-likeness (QED) is 0.785. The van der Waals surface area contributed by atoms with Crippen molar-refractivity contribution in [1.82, 2.24) is 4.72 Å².